The zero-order chi connectivity index (χ0) is 14.0. The quantitative estimate of drug-likeness (QED) is 0.852. The van der Waals surface area contributed by atoms with Gasteiger partial charge in [0.05, 0.1) is 5.56 Å². The minimum Gasteiger partial charge on any atom is -0.319 e. The Morgan fingerprint density at radius 1 is 1.58 bits per heavy atom. The average Bonchev–Trinajstić information content (AvgIpc) is 2.75. The first-order valence-electron chi connectivity index (χ1n) is 6.78. The summed E-state index contributed by atoms with van der Waals surface area (Å²) in [6.07, 6.45) is 4.97. The third-order valence-corrected chi connectivity index (χ3v) is 5.77. The Kier molecular flexibility index (Phi) is 3.96. The summed E-state index contributed by atoms with van der Waals surface area (Å²) in [7, 11) is 0. The Hall–Kier alpha value is -1.34. The summed E-state index contributed by atoms with van der Waals surface area (Å²) in [6.45, 7) is 6.89. The summed E-state index contributed by atoms with van der Waals surface area (Å²) < 4.78 is 0. The number of anilines is 1. The van der Waals surface area contributed by atoms with Gasteiger partial charge in [0.25, 0.3) is 0 Å². The van der Waals surface area contributed by atoms with Crippen molar-refractivity contribution in [2.45, 2.75) is 46.5 Å². The van der Waals surface area contributed by atoms with Crippen molar-refractivity contribution in [3.05, 3.63) is 16.0 Å². The Morgan fingerprint density at radius 2 is 2.32 bits per heavy atom. The van der Waals surface area contributed by atoms with Gasteiger partial charge in [-0.25, -0.2) is 0 Å². The molecule has 0 fully saturated rings. The number of nitriles is 1. The predicted octanol–water partition coefficient (Wildman–Crippen LogP) is 3.73. The summed E-state index contributed by atoms with van der Waals surface area (Å²) in [4.78, 5) is 11.9. The van der Waals surface area contributed by atoms with Crippen molar-refractivity contribution in [2.24, 2.45) is 11.3 Å². The molecule has 0 saturated carbocycles. The third kappa shape index (κ3) is 2.52. The molecule has 0 aromatic carbocycles. The predicted molar refractivity (Wildman–Crippen MR) is 78.3 cm³/mol. The van der Waals surface area contributed by atoms with E-state index in [1.165, 1.54) is 16.9 Å². The van der Waals surface area contributed by atoms with Crippen LogP contribution in [0.2, 0.25) is 0 Å². The number of carbonyl (C=O) groups is 1. The van der Waals surface area contributed by atoms with Crippen LogP contribution in [0, 0.1) is 22.7 Å². The molecule has 1 atom stereocenters. The van der Waals surface area contributed by atoms with E-state index in [1.54, 1.807) is 11.3 Å². The van der Waals surface area contributed by atoms with E-state index in [2.05, 4.69) is 32.2 Å². The van der Waals surface area contributed by atoms with Gasteiger partial charge in [0.1, 0.15) is 11.1 Å². The lowest BCUT2D eigenvalue weighted by atomic mass is 9.69. The fraction of sp³-hybridized carbons (Fsp3) is 0.600. The molecule has 4 heteroatoms. The molecule has 1 aliphatic rings. The Bertz CT molecular complexity index is 525. The fourth-order valence-electron chi connectivity index (χ4n) is 2.82. The number of carbonyl (C=O) groups excluding carboxylic acids is 1. The number of nitrogens with one attached hydrogen (secondary N) is 1. The molecule has 19 heavy (non-hydrogen) atoms. The van der Waals surface area contributed by atoms with E-state index in [9.17, 15) is 10.1 Å². The molecular formula is C15H20N2OS. The molecule has 102 valence electrons. The van der Waals surface area contributed by atoms with E-state index < -0.39 is 0 Å². The standard InChI is InChI=1S/C15H20N2OS/c1-4-15(2,3)10-5-6-11-12(8-16)14(17-9-18)19-13(11)7-10/h9-10H,4-7H2,1-3H3,(H,17,18)/t10-/m0/s1. The monoisotopic (exact) mass is 276 g/mol. The smallest absolute Gasteiger partial charge is 0.212 e. The number of thiophene rings is 1. The summed E-state index contributed by atoms with van der Waals surface area (Å²) in [5.74, 6) is 0.666. The maximum absolute atomic E-state index is 10.6. The van der Waals surface area contributed by atoms with Gasteiger partial charge in [-0.05, 0) is 36.2 Å². The zero-order valence-corrected chi connectivity index (χ0v) is 12.6. The minimum absolute atomic E-state index is 0.340. The average molecular weight is 276 g/mol. The van der Waals surface area contributed by atoms with E-state index in [0.29, 0.717) is 23.3 Å². The molecular weight excluding hydrogens is 256 g/mol. The number of nitrogens with zero attached hydrogens (tertiary/aromatic N) is 1. The summed E-state index contributed by atoms with van der Waals surface area (Å²) in [5.41, 5.74) is 2.19. The van der Waals surface area contributed by atoms with Gasteiger partial charge in [-0.2, -0.15) is 5.26 Å². The first-order chi connectivity index (χ1) is 9.03. The summed E-state index contributed by atoms with van der Waals surface area (Å²) in [6, 6.07) is 2.25. The molecule has 2 rings (SSSR count). The second-order valence-electron chi connectivity index (χ2n) is 5.86. The fourth-order valence-corrected chi connectivity index (χ4v) is 4.05. The molecule has 0 radical (unpaired) electrons. The molecule has 1 amide bonds. The number of hydrogen-bond donors (Lipinski definition) is 1. The van der Waals surface area contributed by atoms with Crippen molar-refractivity contribution in [3.8, 4) is 6.07 Å². The number of fused-ring (bicyclic) bond motifs is 1. The van der Waals surface area contributed by atoms with Crippen LogP contribution in [0.5, 0.6) is 0 Å². The lowest BCUT2D eigenvalue weighted by Crippen LogP contribution is -2.28. The number of hydrogen-bond acceptors (Lipinski definition) is 3. The molecule has 0 saturated heterocycles. The van der Waals surface area contributed by atoms with Gasteiger partial charge < -0.3 is 5.32 Å². The second kappa shape index (κ2) is 5.34. The van der Waals surface area contributed by atoms with Crippen LogP contribution >= 0.6 is 11.3 Å². The van der Waals surface area contributed by atoms with Crippen molar-refractivity contribution < 1.29 is 4.79 Å². The molecule has 0 bridgehead atoms. The van der Waals surface area contributed by atoms with Crippen molar-refractivity contribution in [1.29, 1.82) is 5.26 Å². The highest BCUT2D eigenvalue weighted by Crippen LogP contribution is 2.45. The third-order valence-electron chi connectivity index (χ3n) is 4.58. The van der Waals surface area contributed by atoms with Crippen LogP contribution in [0.1, 0.15) is 49.6 Å². The van der Waals surface area contributed by atoms with Crippen LogP contribution in [-0.4, -0.2) is 6.41 Å². The SMILES string of the molecule is CCC(C)(C)[C@H]1CCc2c(sc(NC=O)c2C#N)C1. The normalized spacial score (nSPS) is 18.5. The summed E-state index contributed by atoms with van der Waals surface area (Å²) in [5, 5.41) is 12.6. The van der Waals surface area contributed by atoms with Gasteiger partial charge in [0.15, 0.2) is 0 Å². The highest BCUT2D eigenvalue weighted by Gasteiger charge is 2.33. The first kappa shape index (κ1) is 14.1. The summed E-state index contributed by atoms with van der Waals surface area (Å²) >= 11 is 1.58. The molecule has 1 aromatic heterocycles. The van der Waals surface area contributed by atoms with Crippen molar-refractivity contribution in [3.63, 3.8) is 0 Å². The van der Waals surface area contributed by atoms with Crippen LogP contribution in [0.25, 0.3) is 0 Å². The Balaban J connectivity index is 2.32. The van der Waals surface area contributed by atoms with E-state index in [0.717, 1.165) is 24.3 Å². The lowest BCUT2D eigenvalue weighted by molar-refractivity contribution is -0.105. The lowest BCUT2D eigenvalue weighted by Gasteiger charge is -2.36. The van der Waals surface area contributed by atoms with Crippen molar-refractivity contribution in [1.82, 2.24) is 0 Å². The minimum atomic E-state index is 0.340. The van der Waals surface area contributed by atoms with Gasteiger partial charge in [-0.15, -0.1) is 11.3 Å². The topological polar surface area (TPSA) is 52.9 Å². The number of rotatable bonds is 4. The molecule has 0 aliphatic heterocycles. The van der Waals surface area contributed by atoms with Gasteiger partial charge in [-0.3, -0.25) is 4.79 Å². The van der Waals surface area contributed by atoms with Crippen LogP contribution in [0.15, 0.2) is 0 Å². The molecule has 1 aliphatic carbocycles. The number of amides is 1. The molecule has 0 spiro atoms. The van der Waals surface area contributed by atoms with Gasteiger partial charge in [-0.1, -0.05) is 27.2 Å². The highest BCUT2D eigenvalue weighted by molar-refractivity contribution is 7.16. The van der Waals surface area contributed by atoms with E-state index in [4.69, 9.17) is 0 Å². The highest BCUT2D eigenvalue weighted by atomic mass is 32.1. The molecule has 1 aromatic rings. The maximum Gasteiger partial charge on any atom is 0.212 e. The van der Waals surface area contributed by atoms with E-state index >= 15 is 0 Å². The van der Waals surface area contributed by atoms with Crippen LogP contribution in [-0.2, 0) is 17.6 Å². The zero-order valence-electron chi connectivity index (χ0n) is 11.7. The molecule has 0 unspecified atom stereocenters. The van der Waals surface area contributed by atoms with Crippen LogP contribution < -0.4 is 5.32 Å². The Morgan fingerprint density at radius 3 is 2.89 bits per heavy atom. The van der Waals surface area contributed by atoms with E-state index in [1.807, 2.05) is 0 Å². The first-order valence-corrected chi connectivity index (χ1v) is 7.60. The molecule has 1 heterocycles. The second-order valence-corrected chi connectivity index (χ2v) is 6.97. The van der Waals surface area contributed by atoms with E-state index in [-0.39, 0.29) is 0 Å². The van der Waals surface area contributed by atoms with Gasteiger partial charge in [0.2, 0.25) is 6.41 Å². The van der Waals surface area contributed by atoms with Crippen LogP contribution in [0.4, 0.5) is 5.00 Å². The van der Waals surface area contributed by atoms with Gasteiger partial charge in [0, 0.05) is 4.88 Å². The van der Waals surface area contributed by atoms with Crippen molar-refractivity contribution >= 4 is 22.7 Å². The Labute approximate surface area is 118 Å². The largest absolute Gasteiger partial charge is 0.319 e. The maximum atomic E-state index is 10.6. The molecule has 3 nitrogen and oxygen atoms in total. The van der Waals surface area contributed by atoms with Crippen LogP contribution in [0.3, 0.4) is 0 Å². The van der Waals surface area contributed by atoms with Crippen molar-refractivity contribution in [2.75, 3.05) is 5.32 Å². The molecule has 1 N–H and O–H groups in total. The van der Waals surface area contributed by atoms with Gasteiger partial charge >= 0.3 is 0 Å².